The van der Waals surface area contributed by atoms with Crippen molar-refractivity contribution in [2.45, 2.75) is 32.4 Å². The van der Waals surface area contributed by atoms with Crippen LogP contribution in [0.5, 0.6) is 0 Å². The van der Waals surface area contributed by atoms with Gasteiger partial charge in [0.05, 0.1) is 0 Å². The summed E-state index contributed by atoms with van der Waals surface area (Å²) in [4.78, 5) is 2.23. The Bertz CT molecular complexity index is 317. The zero-order valence-corrected chi connectivity index (χ0v) is 15.5. The summed E-state index contributed by atoms with van der Waals surface area (Å²) in [5.74, 6) is 0. The molecule has 0 amide bonds. The molecule has 0 heterocycles. The van der Waals surface area contributed by atoms with Crippen LogP contribution in [-0.2, 0) is 23.0 Å². The molecule has 0 bridgehead atoms. The zero-order chi connectivity index (χ0) is 15.2. The van der Waals surface area contributed by atoms with Crippen molar-refractivity contribution < 1.29 is 21.6 Å². The van der Waals surface area contributed by atoms with Crippen LogP contribution in [0.1, 0.15) is 25.3 Å². The van der Waals surface area contributed by atoms with Gasteiger partial charge < -0.3 is 10.8 Å². The standard InChI is InChI=1S/C14H23N2O.2ClH.Pt/c1-2-3-9-16(12-14(17)10-15)11-13-7-5-4-6-8-13;;;/h4-8,14-15,17H,2-3,9-12H2,1H3;2*1H;/q-1;;;+4/p-2. The van der Waals surface area contributed by atoms with Gasteiger partial charge in [-0.1, -0.05) is 43.7 Å². The molecule has 118 valence electrons. The van der Waals surface area contributed by atoms with Gasteiger partial charge in [0.25, 0.3) is 0 Å². The molecule has 0 radical (unpaired) electrons. The fourth-order valence-electron chi connectivity index (χ4n) is 1.82. The molecule has 1 aromatic rings. The number of benzene rings is 1. The Morgan fingerprint density at radius 2 is 1.90 bits per heavy atom. The second-order valence-corrected chi connectivity index (χ2v) is 7.76. The number of rotatable bonds is 8. The van der Waals surface area contributed by atoms with Crippen LogP contribution in [-0.4, -0.2) is 35.7 Å². The number of hydrogen-bond donors (Lipinski definition) is 1. The van der Waals surface area contributed by atoms with Crippen LogP contribution >= 0.6 is 18.8 Å². The zero-order valence-electron chi connectivity index (χ0n) is 11.7. The van der Waals surface area contributed by atoms with Crippen LogP contribution in [0.25, 0.3) is 5.73 Å². The molecule has 1 rings (SSSR count). The average Bonchev–Trinajstić information content (AvgIpc) is 2.46. The molecule has 6 heteroatoms. The molecule has 0 aliphatic rings. The van der Waals surface area contributed by atoms with Gasteiger partial charge in [-0.05, 0) is 18.5 Å². The van der Waals surface area contributed by atoms with Crippen LogP contribution < -0.4 is 0 Å². The predicted octanol–water partition coefficient (Wildman–Crippen LogP) is 4.08. The van der Waals surface area contributed by atoms with Crippen LogP contribution in [0.2, 0.25) is 0 Å². The monoisotopic (exact) mass is 500 g/mol. The van der Waals surface area contributed by atoms with Gasteiger partial charge in [-0.2, -0.15) is 0 Å². The van der Waals surface area contributed by atoms with Crippen LogP contribution in [0.3, 0.4) is 0 Å². The Labute approximate surface area is 138 Å². The van der Waals surface area contributed by atoms with E-state index in [9.17, 15) is 5.11 Å². The summed E-state index contributed by atoms with van der Waals surface area (Å²) in [6, 6.07) is 10.3. The van der Waals surface area contributed by atoms with Crippen LogP contribution in [0.15, 0.2) is 30.3 Å². The van der Waals surface area contributed by atoms with Gasteiger partial charge in [-0.3, -0.25) is 4.90 Å². The molecule has 0 spiro atoms. The van der Waals surface area contributed by atoms with Gasteiger partial charge in [0.1, 0.15) is 0 Å². The van der Waals surface area contributed by atoms with E-state index < -0.39 is 22.6 Å². The van der Waals surface area contributed by atoms with E-state index in [1.165, 1.54) is 5.56 Å². The molecule has 0 saturated carbocycles. The van der Waals surface area contributed by atoms with Gasteiger partial charge >= 0.3 is 35.3 Å². The number of nitrogens with zero attached hydrogens (tertiary/aromatic N) is 1. The Morgan fingerprint density at radius 1 is 1.30 bits per heavy atom. The van der Waals surface area contributed by atoms with Crippen molar-refractivity contribution in [2.24, 2.45) is 0 Å². The molecule has 3 nitrogen and oxygen atoms in total. The summed E-state index contributed by atoms with van der Waals surface area (Å²) in [7, 11) is 9.75. The van der Waals surface area contributed by atoms with Crippen molar-refractivity contribution in [1.29, 1.82) is 0 Å². The summed E-state index contributed by atoms with van der Waals surface area (Å²) in [5.41, 5.74) is 8.45. The summed E-state index contributed by atoms with van der Waals surface area (Å²) in [6.45, 7) is 4.69. The number of nitrogens with one attached hydrogen (secondary N) is 1. The molecule has 1 atom stereocenters. The molecule has 2 N–H and O–H groups in total. The first kappa shape index (κ1) is 20.4. The number of aliphatic hydroxyl groups excluding tert-OH is 1. The molecule has 0 fully saturated rings. The molecule has 0 saturated heterocycles. The number of hydrogen-bond acceptors (Lipinski definition) is 2. The minimum absolute atomic E-state index is 0.0808. The van der Waals surface area contributed by atoms with Crippen molar-refractivity contribution in [2.75, 3.05) is 19.6 Å². The SMILES string of the molecule is CCCCN(Cc1ccccc1)CC(O)C[NH-].[Cl][Pt+2][Cl]. The van der Waals surface area contributed by atoms with Gasteiger partial charge in [0.15, 0.2) is 0 Å². The second-order valence-electron chi connectivity index (χ2n) is 4.48. The van der Waals surface area contributed by atoms with E-state index in [1.54, 1.807) is 0 Å². The van der Waals surface area contributed by atoms with E-state index in [4.69, 9.17) is 24.6 Å². The molecule has 0 aliphatic carbocycles. The van der Waals surface area contributed by atoms with E-state index in [0.717, 1.165) is 25.9 Å². The number of unbranched alkanes of at least 4 members (excludes halogenated alkanes) is 1. The average molecular weight is 501 g/mol. The summed E-state index contributed by atoms with van der Waals surface area (Å²) in [5, 5.41) is 9.58. The predicted molar refractivity (Wildman–Crippen MR) is 83.5 cm³/mol. The van der Waals surface area contributed by atoms with Crippen molar-refractivity contribution in [3.63, 3.8) is 0 Å². The van der Waals surface area contributed by atoms with Gasteiger partial charge in [0.2, 0.25) is 0 Å². The Hall–Kier alpha value is 0.368. The molecule has 1 unspecified atom stereocenters. The van der Waals surface area contributed by atoms with E-state index in [-0.39, 0.29) is 6.54 Å². The van der Waals surface area contributed by atoms with Crippen molar-refractivity contribution in [1.82, 2.24) is 4.90 Å². The van der Waals surface area contributed by atoms with E-state index >= 15 is 0 Å². The van der Waals surface area contributed by atoms with E-state index in [1.807, 2.05) is 18.2 Å². The molecule has 20 heavy (non-hydrogen) atoms. The van der Waals surface area contributed by atoms with Gasteiger partial charge in [-0.25, -0.2) is 0 Å². The molecular formula is C14H23Cl2N2OPt+. The Morgan fingerprint density at radius 3 is 2.40 bits per heavy atom. The van der Waals surface area contributed by atoms with Crippen LogP contribution in [0.4, 0.5) is 0 Å². The topological polar surface area (TPSA) is 47.3 Å². The third-order valence-electron chi connectivity index (χ3n) is 2.78. The van der Waals surface area contributed by atoms with Gasteiger partial charge in [0, 0.05) is 19.2 Å². The fourth-order valence-corrected chi connectivity index (χ4v) is 1.82. The molecule has 0 aromatic heterocycles. The van der Waals surface area contributed by atoms with E-state index in [0.29, 0.717) is 6.54 Å². The van der Waals surface area contributed by atoms with Crippen molar-refractivity contribution in [3.8, 4) is 0 Å². The third kappa shape index (κ3) is 11.1. The Balaban J connectivity index is 0.00000110. The van der Waals surface area contributed by atoms with E-state index in [2.05, 4.69) is 24.0 Å². The first-order chi connectivity index (χ1) is 9.67. The summed E-state index contributed by atoms with van der Waals surface area (Å²) < 4.78 is 0. The number of aliphatic hydroxyl groups is 1. The quantitative estimate of drug-likeness (QED) is 0.584. The van der Waals surface area contributed by atoms with Gasteiger partial charge in [-0.15, -0.1) is 6.54 Å². The molecular weight excluding hydrogens is 478 g/mol. The molecule has 1 aromatic carbocycles. The summed E-state index contributed by atoms with van der Waals surface area (Å²) >= 11 is -0.472. The molecule has 0 aliphatic heterocycles. The normalized spacial score (nSPS) is 12.1. The maximum absolute atomic E-state index is 9.58. The van der Waals surface area contributed by atoms with Crippen molar-refractivity contribution >= 4 is 18.8 Å². The summed E-state index contributed by atoms with van der Waals surface area (Å²) in [6.07, 6.45) is 1.76. The van der Waals surface area contributed by atoms with Crippen molar-refractivity contribution in [3.05, 3.63) is 41.6 Å². The minimum atomic E-state index is -0.532. The third-order valence-corrected chi connectivity index (χ3v) is 2.78. The second kappa shape index (κ2) is 14.3. The first-order valence-electron chi connectivity index (χ1n) is 6.59. The Kier molecular flexibility index (Phi) is 14.6. The maximum atomic E-state index is 9.58. The number of halogens is 2. The fraction of sp³-hybridized carbons (Fsp3) is 0.571. The van der Waals surface area contributed by atoms with Crippen LogP contribution in [0, 0.1) is 0 Å². The first-order valence-corrected chi connectivity index (χ1v) is 12.2.